The maximum absolute atomic E-state index is 10.1. The normalized spacial score (nSPS) is 16.6. The molecule has 2 fully saturated rings. The molecule has 0 spiro atoms. The monoisotopic (exact) mass is 356 g/mol. The van der Waals surface area contributed by atoms with Crippen LogP contribution in [0, 0.1) is 0 Å². The van der Waals surface area contributed by atoms with Crippen LogP contribution in [-0.2, 0) is 24.0 Å². The highest BCUT2D eigenvalue weighted by molar-refractivity contribution is 6.01. The van der Waals surface area contributed by atoms with Crippen molar-refractivity contribution in [3.63, 3.8) is 0 Å². The number of amides is 6. The summed E-state index contributed by atoms with van der Waals surface area (Å²) >= 11 is 0. The molecule has 0 saturated carbocycles. The number of alkyl carbamates (subject to hydrolysis) is 1. The van der Waals surface area contributed by atoms with Crippen LogP contribution in [0.2, 0.25) is 0 Å². The van der Waals surface area contributed by atoms with Gasteiger partial charge in [0, 0.05) is 11.5 Å². The van der Waals surface area contributed by atoms with Crippen molar-refractivity contribution in [2.45, 2.75) is 0 Å². The predicted octanol–water partition coefficient (Wildman–Crippen LogP) is -2.21. The van der Waals surface area contributed by atoms with E-state index in [0.29, 0.717) is 0 Å². The van der Waals surface area contributed by atoms with Crippen LogP contribution in [-0.4, -0.2) is 65.0 Å². The van der Waals surface area contributed by atoms with Gasteiger partial charge in [0.2, 0.25) is 12.5 Å². The number of ether oxygens (including phenoxy) is 1. The van der Waals surface area contributed by atoms with E-state index in [0.717, 1.165) is 0 Å². The van der Waals surface area contributed by atoms with Gasteiger partial charge in [-0.1, -0.05) is 10.3 Å². The third kappa shape index (κ3) is 9.66. The largest absolute Gasteiger partial charge is 0.439 e. The van der Waals surface area contributed by atoms with Crippen LogP contribution in [0.4, 0.5) is 9.59 Å². The number of cyclic esters (lactones) is 1. The van der Waals surface area contributed by atoms with Crippen LogP contribution >= 0.6 is 0 Å². The number of H-pyrrole nitrogens is 1. The molecule has 2 saturated heterocycles. The molecule has 4 N–H and O–H groups in total. The molecule has 0 aromatic carbocycles. The zero-order valence-corrected chi connectivity index (χ0v) is 12.4. The summed E-state index contributed by atoms with van der Waals surface area (Å²) in [4.78, 5) is 54.0. The van der Waals surface area contributed by atoms with Crippen LogP contribution in [0.25, 0.3) is 0 Å². The van der Waals surface area contributed by atoms with E-state index in [9.17, 15) is 24.0 Å². The molecule has 0 radical (unpaired) electrons. The fourth-order valence-corrected chi connectivity index (χ4v) is 1.05. The number of nitrogens with one attached hydrogen (secondary N) is 4. The first kappa shape index (κ1) is 19.1. The SMILES string of the molecule is O=C1CNC(=O)N1.O=C1COC(=O)N1.O=C1CON=N1.c1c[nH]nn1. The molecule has 3 aliphatic rings. The zero-order valence-electron chi connectivity index (χ0n) is 12.4. The summed E-state index contributed by atoms with van der Waals surface area (Å²) in [6.45, 7) is 0.0116. The highest BCUT2D eigenvalue weighted by Crippen LogP contribution is 1.90. The number of hydrogen-bond donors (Lipinski definition) is 4. The van der Waals surface area contributed by atoms with Gasteiger partial charge in [-0.05, 0) is 0 Å². The molecule has 6 amide bonds. The first-order valence-electron chi connectivity index (χ1n) is 6.38. The standard InChI is InChI=1S/C3H4N2O2.C3H3NO3.C2H3N3.C2H2N2O2/c6-2-1-4-3(7)5-2;5-2-1-7-3(6)4-2;1-2-4-5-3-1;5-2-1-6-4-3-2/h1H2,(H2,4,5,6,7);1H2,(H,4,5,6);1-2H,(H,3,4,5);1H2. The Balaban J connectivity index is 0.000000168. The number of aromatic amines is 1. The molecule has 0 aliphatic carbocycles. The van der Waals surface area contributed by atoms with E-state index < -0.39 is 12.1 Å². The molecule has 0 atom stereocenters. The topological polar surface area (TPSA) is 206 Å². The van der Waals surface area contributed by atoms with E-state index in [1.807, 2.05) is 10.6 Å². The maximum atomic E-state index is 10.1. The van der Waals surface area contributed by atoms with Gasteiger partial charge in [-0.25, -0.2) is 9.59 Å². The molecule has 15 nitrogen and oxygen atoms in total. The Hall–Kier alpha value is -3.91. The zero-order chi connectivity index (χ0) is 18.5. The molecule has 4 heterocycles. The number of carbonyl (C=O) groups excluding carboxylic acids is 5. The lowest BCUT2D eigenvalue weighted by molar-refractivity contribution is -0.119. The molecule has 1 aromatic rings. The second-order valence-electron chi connectivity index (χ2n) is 3.86. The van der Waals surface area contributed by atoms with Crippen molar-refractivity contribution in [3.05, 3.63) is 12.4 Å². The smallest absolute Gasteiger partial charge is 0.414 e. The highest BCUT2D eigenvalue weighted by Gasteiger charge is 2.17. The van der Waals surface area contributed by atoms with Gasteiger partial charge in [-0.15, -0.1) is 5.10 Å². The van der Waals surface area contributed by atoms with Gasteiger partial charge in [-0.2, -0.15) is 0 Å². The first-order chi connectivity index (χ1) is 12.0. The lowest BCUT2D eigenvalue weighted by Gasteiger charge is -1.78. The van der Waals surface area contributed by atoms with Crippen molar-refractivity contribution in [1.29, 1.82) is 0 Å². The quantitative estimate of drug-likeness (QED) is 0.371. The summed E-state index contributed by atoms with van der Waals surface area (Å²) in [6.07, 6.45) is 2.59. The summed E-state index contributed by atoms with van der Waals surface area (Å²) in [7, 11) is 0. The summed E-state index contributed by atoms with van der Waals surface area (Å²) in [5.41, 5.74) is 0. The summed E-state index contributed by atoms with van der Waals surface area (Å²) in [5.74, 6) is -0.940. The van der Waals surface area contributed by atoms with Crippen LogP contribution < -0.4 is 16.0 Å². The van der Waals surface area contributed by atoms with E-state index in [-0.39, 0.29) is 37.5 Å². The molecule has 25 heavy (non-hydrogen) atoms. The minimum absolute atomic E-state index is 0.0139. The number of carbonyl (C=O) groups is 5. The van der Waals surface area contributed by atoms with Crippen LogP contribution in [0.1, 0.15) is 0 Å². The number of urea groups is 1. The fraction of sp³-hybridized carbons (Fsp3) is 0.300. The fourth-order valence-electron chi connectivity index (χ4n) is 1.05. The molecule has 15 heteroatoms. The lowest BCUT2D eigenvalue weighted by atomic mass is 10.7. The Morgan fingerprint density at radius 3 is 1.96 bits per heavy atom. The van der Waals surface area contributed by atoms with Gasteiger partial charge in [0.1, 0.15) is 0 Å². The van der Waals surface area contributed by atoms with E-state index in [1.165, 1.54) is 0 Å². The van der Waals surface area contributed by atoms with Gasteiger partial charge >= 0.3 is 18.0 Å². The Kier molecular flexibility index (Phi) is 8.23. The minimum atomic E-state index is -0.648. The van der Waals surface area contributed by atoms with Crippen molar-refractivity contribution in [1.82, 2.24) is 31.4 Å². The van der Waals surface area contributed by atoms with Gasteiger partial charge in [-0.3, -0.25) is 30.1 Å². The summed E-state index contributed by atoms with van der Waals surface area (Å²) in [5, 5.41) is 21.4. The molecule has 134 valence electrons. The van der Waals surface area contributed by atoms with Crippen molar-refractivity contribution in [3.8, 4) is 0 Å². The second-order valence-corrected chi connectivity index (χ2v) is 3.86. The van der Waals surface area contributed by atoms with Gasteiger partial charge in [0.25, 0.3) is 5.91 Å². The number of rotatable bonds is 0. The third-order valence-corrected chi connectivity index (χ3v) is 1.97. The number of aromatic nitrogens is 3. The van der Waals surface area contributed by atoms with Gasteiger partial charge in [0.15, 0.2) is 6.61 Å². The third-order valence-electron chi connectivity index (χ3n) is 1.97. The molecule has 0 bridgehead atoms. The molecular formula is C10H12N8O7. The Labute approximate surface area is 138 Å². The first-order valence-corrected chi connectivity index (χ1v) is 6.38. The Morgan fingerprint density at radius 2 is 1.80 bits per heavy atom. The molecular weight excluding hydrogens is 344 g/mol. The van der Waals surface area contributed by atoms with Gasteiger partial charge in [0.05, 0.1) is 12.7 Å². The molecule has 1 aromatic heterocycles. The Bertz CT molecular complexity index is 568. The summed E-state index contributed by atoms with van der Waals surface area (Å²) < 4.78 is 4.17. The van der Waals surface area contributed by atoms with Crippen molar-refractivity contribution < 1.29 is 33.5 Å². The highest BCUT2D eigenvalue weighted by atomic mass is 16.7. The minimum Gasteiger partial charge on any atom is -0.439 e. The van der Waals surface area contributed by atoms with Crippen molar-refractivity contribution in [2.24, 2.45) is 10.4 Å². The predicted molar refractivity (Wildman–Crippen MR) is 73.2 cm³/mol. The van der Waals surface area contributed by atoms with E-state index in [1.54, 1.807) is 12.4 Å². The van der Waals surface area contributed by atoms with E-state index in [4.69, 9.17) is 0 Å². The van der Waals surface area contributed by atoms with Gasteiger partial charge < -0.3 is 14.9 Å². The van der Waals surface area contributed by atoms with Crippen LogP contribution in [0.15, 0.2) is 22.8 Å². The molecule has 3 aliphatic heterocycles. The number of nitrogens with zero attached hydrogens (tertiary/aromatic N) is 4. The average Bonchev–Trinajstić information content (AvgIpc) is 3.33. The summed E-state index contributed by atoms with van der Waals surface area (Å²) in [6, 6.07) is -0.398. The van der Waals surface area contributed by atoms with Crippen molar-refractivity contribution in [2.75, 3.05) is 19.8 Å². The molecule has 0 unspecified atom stereocenters. The number of hydrogen-bond acceptors (Lipinski definition) is 10. The maximum Gasteiger partial charge on any atom is 0.414 e. The lowest BCUT2D eigenvalue weighted by Crippen LogP contribution is -2.22. The molecule has 4 rings (SSSR count). The second kappa shape index (κ2) is 10.8. The Morgan fingerprint density at radius 1 is 1.00 bits per heavy atom. The van der Waals surface area contributed by atoms with Crippen LogP contribution in [0.5, 0.6) is 0 Å². The average molecular weight is 356 g/mol. The van der Waals surface area contributed by atoms with Crippen molar-refractivity contribution >= 4 is 29.8 Å². The van der Waals surface area contributed by atoms with Crippen LogP contribution in [0.3, 0.4) is 0 Å². The van der Waals surface area contributed by atoms with E-state index in [2.05, 4.69) is 40.7 Å². The van der Waals surface area contributed by atoms with E-state index >= 15 is 0 Å². The number of imide groups is 2.